The van der Waals surface area contributed by atoms with Gasteiger partial charge in [0.25, 0.3) is 0 Å². The predicted molar refractivity (Wildman–Crippen MR) is 122 cm³/mol. The van der Waals surface area contributed by atoms with E-state index in [-0.39, 0.29) is 5.78 Å². The Morgan fingerprint density at radius 3 is 2.73 bits per heavy atom. The molecule has 0 aliphatic rings. The quantitative estimate of drug-likeness (QED) is 0.417. The number of hydrogen-bond donors (Lipinski definition) is 1. The normalized spacial score (nSPS) is 11.1. The number of methoxy groups -OCH3 is 1. The van der Waals surface area contributed by atoms with Gasteiger partial charge in [-0.15, -0.1) is 0 Å². The molecule has 154 valence electrons. The summed E-state index contributed by atoms with van der Waals surface area (Å²) in [5, 5.41) is 3.34. The number of hydrogen-bond acceptors (Lipinski definition) is 5. The lowest BCUT2D eigenvalue weighted by molar-refractivity contribution is 0.104. The van der Waals surface area contributed by atoms with Crippen LogP contribution in [0.3, 0.4) is 0 Å². The van der Waals surface area contributed by atoms with Crippen LogP contribution in [-0.2, 0) is 13.1 Å². The number of pyridine rings is 1. The Bertz CT molecular complexity index is 1010. The van der Waals surface area contributed by atoms with Crippen LogP contribution in [-0.4, -0.2) is 36.9 Å². The van der Waals surface area contributed by atoms with Gasteiger partial charge in [-0.3, -0.25) is 9.78 Å². The Morgan fingerprint density at radius 2 is 2.00 bits per heavy atom. The van der Waals surface area contributed by atoms with Crippen LogP contribution in [0.4, 0.5) is 5.69 Å². The van der Waals surface area contributed by atoms with Gasteiger partial charge in [0.1, 0.15) is 5.75 Å². The van der Waals surface area contributed by atoms with Gasteiger partial charge in [0, 0.05) is 36.7 Å². The molecule has 0 unspecified atom stereocenters. The molecular formula is C25H27N3O2. The summed E-state index contributed by atoms with van der Waals surface area (Å²) in [5.74, 6) is 0.773. The largest absolute Gasteiger partial charge is 0.497 e. The zero-order valence-electron chi connectivity index (χ0n) is 17.6. The average Bonchev–Trinajstić information content (AvgIpc) is 2.77. The van der Waals surface area contributed by atoms with Gasteiger partial charge in [0.15, 0.2) is 5.78 Å². The van der Waals surface area contributed by atoms with Crippen molar-refractivity contribution in [1.82, 2.24) is 9.88 Å². The van der Waals surface area contributed by atoms with E-state index in [9.17, 15) is 4.79 Å². The third-order valence-corrected chi connectivity index (χ3v) is 4.62. The van der Waals surface area contributed by atoms with Crippen LogP contribution < -0.4 is 10.1 Å². The van der Waals surface area contributed by atoms with Gasteiger partial charge in [-0.25, -0.2) is 0 Å². The van der Waals surface area contributed by atoms with E-state index in [2.05, 4.69) is 15.2 Å². The fourth-order valence-electron chi connectivity index (χ4n) is 3.10. The van der Waals surface area contributed by atoms with Crippen LogP contribution >= 0.6 is 0 Å². The Labute approximate surface area is 178 Å². The molecule has 30 heavy (non-hydrogen) atoms. The molecular weight excluding hydrogens is 374 g/mol. The van der Waals surface area contributed by atoms with Crippen molar-refractivity contribution in [2.24, 2.45) is 0 Å². The Balaban J connectivity index is 1.72. The monoisotopic (exact) mass is 401 g/mol. The van der Waals surface area contributed by atoms with Crippen molar-refractivity contribution in [2.75, 3.05) is 26.5 Å². The molecule has 0 amide bonds. The minimum atomic E-state index is -0.0355. The van der Waals surface area contributed by atoms with Gasteiger partial charge in [-0.2, -0.15) is 0 Å². The van der Waals surface area contributed by atoms with Crippen molar-refractivity contribution in [3.05, 3.63) is 95.3 Å². The summed E-state index contributed by atoms with van der Waals surface area (Å²) in [7, 11) is 5.69. The Kier molecular flexibility index (Phi) is 7.35. The first-order valence-corrected chi connectivity index (χ1v) is 9.82. The second-order valence-electron chi connectivity index (χ2n) is 7.30. The number of benzene rings is 2. The third-order valence-electron chi connectivity index (χ3n) is 4.62. The number of aromatic nitrogens is 1. The minimum absolute atomic E-state index is 0.0355. The number of allylic oxidation sites excluding steroid dienone is 1. The van der Waals surface area contributed by atoms with Gasteiger partial charge in [-0.1, -0.05) is 30.3 Å². The van der Waals surface area contributed by atoms with E-state index in [1.165, 1.54) is 0 Å². The first-order valence-electron chi connectivity index (χ1n) is 9.82. The molecule has 1 aromatic heterocycles. The molecule has 0 bridgehead atoms. The van der Waals surface area contributed by atoms with Gasteiger partial charge in [0.2, 0.25) is 0 Å². The smallest absolute Gasteiger partial charge is 0.185 e. The molecule has 3 rings (SSSR count). The first kappa shape index (κ1) is 21.3. The van der Waals surface area contributed by atoms with Crippen LogP contribution in [0.25, 0.3) is 6.08 Å². The number of carbonyl (C=O) groups is 1. The SMILES string of the molecule is COc1ccc(/C=C/C(=O)c2cccc(NCc3cccnc3)c2)c(CN(C)C)c1. The van der Waals surface area contributed by atoms with Gasteiger partial charge < -0.3 is 15.0 Å². The van der Waals surface area contributed by atoms with E-state index in [1.54, 1.807) is 19.4 Å². The number of ether oxygens (including phenoxy) is 1. The molecule has 0 saturated heterocycles. The van der Waals surface area contributed by atoms with Crippen molar-refractivity contribution in [3.8, 4) is 5.75 Å². The van der Waals surface area contributed by atoms with Crippen LogP contribution in [0, 0.1) is 0 Å². The molecule has 0 radical (unpaired) electrons. The highest BCUT2D eigenvalue weighted by Gasteiger charge is 2.07. The van der Waals surface area contributed by atoms with Gasteiger partial charge in [0.05, 0.1) is 7.11 Å². The molecule has 0 spiro atoms. The predicted octanol–water partition coefficient (Wildman–Crippen LogP) is 4.66. The fourth-order valence-corrected chi connectivity index (χ4v) is 3.10. The summed E-state index contributed by atoms with van der Waals surface area (Å²) in [6.45, 7) is 1.42. The number of anilines is 1. The maximum Gasteiger partial charge on any atom is 0.185 e. The van der Waals surface area contributed by atoms with Gasteiger partial charge in [-0.05, 0) is 67.2 Å². The zero-order valence-corrected chi connectivity index (χ0v) is 17.6. The van der Waals surface area contributed by atoms with Crippen LogP contribution in [0.15, 0.2) is 73.1 Å². The first-order chi connectivity index (χ1) is 14.5. The molecule has 5 nitrogen and oxygen atoms in total. The van der Waals surface area contributed by atoms with E-state index in [0.717, 1.165) is 34.7 Å². The number of ketones is 1. The molecule has 5 heteroatoms. The number of nitrogens with zero attached hydrogens (tertiary/aromatic N) is 2. The van der Waals surface area contributed by atoms with Crippen molar-refractivity contribution in [2.45, 2.75) is 13.1 Å². The summed E-state index contributed by atoms with van der Waals surface area (Å²) in [6, 6.07) is 17.4. The average molecular weight is 402 g/mol. The van der Waals surface area contributed by atoms with Crippen LogP contribution in [0.1, 0.15) is 27.0 Å². The highest BCUT2D eigenvalue weighted by molar-refractivity contribution is 6.07. The highest BCUT2D eigenvalue weighted by Crippen LogP contribution is 2.21. The second kappa shape index (κ2) is 10.4. The third kappa shape index (κ3) is 6.03. The molecule has 0 aliphatic heterocycles. The molecule has 3 aromatic rings. The Hall–Kier alpha value is -3.44. The molecule has 1 N–H and O–H groups in total. The van der Waals surface area contributed by atoms with Crippen molar-refractivity contribution in [1.29, 1.82) is 0 Å². The van der Waals surface area contributed by atoms with Crippen molar-refractivity contribution >= 4 is 17.5 Å². The summed E-state index contributed by atoms with van der Waals surface area (Å²) in [5.41, 5.74) is 4.74. The lowest BCUT2D eigenvalue weighted by atomic mass is 10.0. The molecule has 0 fully saturated rings. The lowest BCUT2D eigenvalue weighted by Gasteiger charge is -2.13. The maximum absolute atomic E-state index is 12.7. The minimum Gasteiger partial charge on any atom is -0.497 e. The summed E-state index contributed by atoms with van der Waals surface area (Å²) in [6.07, 6.45) is 7.07. The number of carbonyl (C=O) groups excluding carboxylic acids is 1. The van der Waals surface area contributed by atoms with E-state index in [0.29, 0.717) is 12.1 Å². The molecule has 1 heterocycles. The number of rotatable bonds is 9. The second-order valence-corrected chi connectivity index (χ2v) is 7.30. The summed E-state index contributed by atoms with van der Waals surface area (Å²) < 4.78 is 5.33. The maximum atomic E-state index is 12.7. The van der Waals surface area contributed by atoms with Crippen molar-refractivity contribution in [3.63, 3.8) is 0 Å². The van der Waals surface area contributed by atoms with Crippen LogP contribution in [0.2, 0.25) is 0 Å². The summed E-state index contributed by atoms with van der Waals surface area (Å²) in [4.78, 5) is 18.9. The van der Waals surface area contributed by atoms with E-state index >= 15 is 0 Å². The molecule has 0 saturated carbocycles. The zero-order chi connectivity index (χ0) is 21.3. The highest BCUT2D eigenvalue weighted by atomic mass is 16.5. The van der Waals surface area contributed by atoms with E-state index < -0.39 is 0 Å². The molecule has 0 aliphatic carbocycles. The van der Waals surface area contributed by atoms with E-state index in [4.69, 9.17) is 4.74 Å². The number of nitrogens with one attached hydrogen (secondary N) is 1. The lowest BCUT2D eigenvalue weighted by Crippen LogP contribution is -2.11. The molecule has 0 atom stereocenters. The van der Waals surface area contributed by atoms with Gasteiger partial charge >= 0.3 is 0 Å². The van der Waals surface area contributed by atoms with E-state index in [1.807, 2.05) is 81.0 Å². The Morgan fingerprint density at radius 1 is 1.13 bits per heavy atom. The fraction of sp³-hybridized carbons (Fsp3) is 0.200. The standard InChI is InChI=1S/C25H27N3O2/c1-28(2)18-22-15-24(30-3)11-9-20(22)10-12-25(29)21-7-4-8-23(14-21)27-17-19-6-5-13-26-16-19/h4-16,27H,17-18H2,1-3H3/b12-10+. The summed E-state index contributed by atoms with van der Waals surface area (Å²) >= 11 is 0. The van der Waals surface area contributed by atoms with Crippen molar-refractivity contribution < 1.29 is 9.53 Å². The topological polar surface area (TPSA) is 54.5 Å². The molecule has 2 aromatic carbocycles. The van der Waals surface area contributed by atoms with Crippen LogP contribution in [0.5, 0.6) is 5.75 Å².